The second-order valence-electron chi connectivity index (χ2n) is 6.45. The molecule has 1 amide bonds. The van der Waals surface area contributed by atoms with Crippen LogP contribution in [-0.4, -0.2) is 31.0 Å². The minimum Gasteiger partial charge on any atom is -0.495 e. The fourth-order valence-electron chi connectivity index (χ4n) is 2.88. The Kier molecular flexibility index (Phi) is 6.00. The largest absolute Gasteiger partial charge is 0.495 e. The maximum atomic E-state index is 13.0. The first-order valence-electron chi connectivity index (χ1n) is 8.86. The predicted molar refractivity (Wildman–Crippen MR) is 110 cm³/mol. The van der Waals surface area contributed by atoms with Crippen molar-refractivity contribution in [3.63, 3.8) is 0 Å². The van der Waals surface area contributed by atoms with E-state index in [-0.39, 0.29) is 16.6 Å². The van der Waals surface area contributed by atoms with Gasteiger partial charge in [-0.1, -0.05) is 12.1 Å². The third-order valence-corrected chi connectivity index (χ3v) is 5.86. The Morgan fingerprint density at radius 2 is 1.90 bits per heavy atom. The molecule has 1 atom stereocenters. The molecular weight excluding hydrogens is 392 g/mol. The Bertz CT molecular complexity index is 1090. The fraction of sp³-hybridized carbons (Fsp3) is 0.200. The van der Waals surface area contributed by atoms with Gasteiger partial charge in [0.15, 0.2) is 0 Å². The number of carbonyl (C=O) groups excluding carboxylic acids is 1. The highest BCUT2D eigenvalue weighted by atomic mass is 32.2. The molecule has 0 radical (unpaired) electrons. The van der Waals surface area contributed by atoms with Crippen LogP contribution in [0.4, 0.5) is 5.69 Å². The molecule has 0 aliphatic carbocycles. The summed E-state index contributed by atoms with van der Waals surface area (Å²) in [5.41, 5.74) is 2.09. The van der Waals surface area contributed by atoms with Crippen molar-refractivity contribution in [2.75, 3.05) is 12.4 Å². The lowest BCUT2D eigenvalue weighted by Crippen LogP contribution is -2.27. The van der Waals surface area contributed by atoms with Gasteiger partial charge < -0.3 is 14.6 Å². The highest BCUT2D eigenvalue weighted by Crippen LogP contribution is 2.28. The number of nitrogens with zero attached hydrogens (tertiary/aromatic N) is 2. The van der Waals surface area contributed by atoms with Gasteiger partial charge in [0, 0.05) is 36.7 Å². The Labute approximate surface area is 169 Å². The number of anilines is 1. The lowest BCUT2D eigenvalue weighted by Gasteiger charge is -2.17. The van der Waals surface area contributed by atoms with E-state index in [1.54, 1.807) is 25.5 Å². The van der Waals surface area contributed by atoms with Crippen LogP contribution in [0.25, 0.3) is 5.69 Å². The maximum absolute atomic E-state index is 13.0. The van der Waals surface area contributed by atoms with Gasteiger partial charge in [0.25, 0.3) is 0 Å². The number of benzene rings is 2. The average Bonchev–Trinajstić information content (AvgIpc) is 3.22. The molecule has 3 aromatic rings. The Morgan fingerprint density at radius 3 is 2.48 bits per heavy atom. The van der Waals surface area contributed by atoms with Crippen molar-refractivity contribution in [3.8, 4) is 11.4 Å². The van der Waals surface area contributed by atoms with Crippen LogP contribution in [0.3, 0.4) is 0 Å². The quantitative estimate of drug-likeness (QED) is 0.619. The Morgan fingerprint density at radius 1 is 1.17 bits per heavy atom. The third kappa shape index (κ3) is 4.82. The summed E-state index contributed by atoms with van der Waals surface area (Å²) in [6.07, 6.45) is 5.21. The van der Waals surface area contributed by atoms with Crippen LogP contribution in [0.5, 0.6) is 5.75 Å². The molecule has 0 aliphatic heterocycles. The van der Waals surface area contributed by atoms with Gasteiger partial charge in [-0.15, -0.1) is 0 Å². The topological polar surface area (TPSA) is 102 Å². The van der Waals surface area contributed by atoms with Crippen molar-refractivity contribution in [1.29, 1.82) is 0 Å². The zero-order valence-corrected chi connectivity index (χ0v) is 17.1. The van der Waals surface area contributed by atoms with E-state index in [0.717, 1.165) is 11.3 Å². The standard InChI is InChI=1S/C20H22N4O4S/c1-14(16-4-7-18(8-5-16)24-11-10-21-13-24)23-29(26,27)20-12-17(22-15(2)25)6-9-19(20)28-3/h4-14,23H,1-3H3,(H,22,25)/t14-/m1/s1. The molecule has 0 spiro atoms. The van der Waals surface area contributed by atoms with Crippen LogP contribution in [-0.2, 0) is 14.8 Å². The summed E-state index contributed by atoms with van der Waals surface area (Å²) in [5.74, 6) is -0.105. The van der Waals surface area contributed by atoms with Crippen molar-refractivity contribution < 1.29 is 17.9 Å². The van der Waals surface area contributed by atoms with Crippen molar-refractivity contribution in [3.05, 3.63) is 66.7 Å². The zero-order chi connectivity index (χ0) is 21.0. The van der Waals surface area contributed by atoms with E-state index in [1.807, 2.05) is 35.0 Å². The van der Waals surface area contributed by atoms with Gasteiger partial charge in [-0.3, -0.25) is 4.79 Å². The molecule has 1 heterocycles. The Hall–Kier alpha value is -3.17. The van der Waals surface area contributed by atoms with E-state index < -0.39 is 16.1 Å². The molecule has 0 unspecified atom stereocenters. The van der Waals surface area contributed by atoms with Gasteiger partial charge >= 0.3 is 0 Å². The van der Waals surface area contributed by atoms with E-state index in [0.29, 0.717) is 5.69 Å². The van der Waals surface area contributed by atoms with E-state index >= 15 is 0 Å². The maximum Gasteiger partial charge on any atom is 0.244 e. The molecule has 8 nitrogen and oxygen atoms in total. The molecule has 2 N–H and O–H groups in total. The first kappa shape index (κ1) is 20.6. The SMILES string of the molecule is COc1ccc(NC(C)=O)cc1S(=O)(=O)N[C@H](C)c1ccc(-n2ccnc2)cc1. The molecule has 1 aromatic heterocycles. The van der Waals surface area contributed by atoms with Crippen molar-refractivity contribution >= 4 is 21.6 Å². The Balaban J connectivity index is 1.84. The molecule has 29 heavy (non-hydrogen) atoms. The number of methoxy groups -OCH3 is 1. The van der Waals surface area contributed by atoms with E-state index in [9.17, 15) is 13.2 Å². The van der Waals surface area contributed by atoms with Gasteiger partial charge in [-0.25, -0.2) is 18.1 Å². The molecule has 0 saturated heterocycles. The highest BCUT2D eigenvalue weighted by molar-refractivity contribution is 7.89. The second kappa shape index (κ2) is 8.46. The van der Waals surface area contributed by atoms with Crippen molar-refractivity contribution in [2.24, 2.45) is 0 Å². The van der Waals surface area contributed by atoms with Crippen LogP contribution in [0.2, 0.25) is 0 Å². The molecular formula is C20H22N4O4S. The van der Waals surface area contributed by atoms with Crippen LogP contribution in [0, 0.1) is 0 Å². The van der Waals surface area contributed by atoms with E-state index in [2.05, 4.69) is 15.0 Å². The van der Waals surface area contributed by atoms with E-state index in [1.165, 1.54) is 26.2 Å². The number of imidazole rings is 1. The fourth-order valence-corrected chi connectivity index (χ4v) is 4.31. The van der Waals surface area contributed by atoms with E-state index in [4.69, 9.17) is 4.74 Å². The van der Waals surface area contributed by atoms with Crippen LogP contribution in [0.1, 0.15) is 25.5 Å². The summed E-state index contributed by atoms with van der Waals surface area (Å²) in [5, 5.41) is 2.58. The zero-order valence-electron chi connectivity index (χ0n) is 16.3. The lowest BCUT2D eigenvalue weighted by atomic mass is 10.1. The summed E-state index contributed by atoms with van der Waals surface area (Å²) < 4.78 is 35.7. The van der Waals surface area contributed by atoms with Gasteiger partial charge in [-0.2, -0.15) is 0 Å². The van der Waals surface area contributed by atoms with Crippen LogP contribution < -0.4 is 14.8 Å². The first-order valence-corrected chi connectivity index (χ1v) is 10.3. The number of aromatic nitrogens is 2. The van der Waals surface area contributed by atoms with Crippen molar-refractivity contribution in [1.82, 2.24) is 14.3 Å². The normalized spacial score (nSPS) is 12.4. The van der Waals surface area contributed by atoms with Gasteiger partial charge in [0.2, 0.25) is 15.9 Å². The second-order valence-corrected chi connectivity index (χ2v) is 8.13. The monoisotopic (exact) mass is 414 g/mol. The van der Waals surface area contributed by atoms with Crippen LogP contribution in [0.15, 0.2) is 66.1 Å². The molecule has 3 rings (SSSR count). The number of carbonyl (C=O) groups is 1. The predicted octanol–water partition coefficient (Wildman–Crippen LogP) is 2.88. The average molecular weight is 414 g/mol. The number of amides is 1. The summed E-state index contributed by atoms with van der Waals surface area (Å²) in [6, 6.07) is 11.5. The molecule has 2 aromatic carbocycles. The van der Waals surface area contributed by atoms with Crippen molar-refractivity contribution in [2.45, 2.75) is 24.8 Å². The van der Waals surface area contributed by atoms with Gasteiger partial charge in [0.05, 0.1) is 13.4 Å². The minimum atomic E-state index is -3.90. The summed E-state index contributed by atoms with van der Waals surface area (Å²) in [7, 11) is -2.51. The van der Waals surface area contributed by atoms with Gasteiger partial charge in [0.1, 0.15) is 10.6 Å². The number of ether oxygens (including phenoxy) is 1. The third-order valence-electron chi connectivity index (χ3n) is 4.30. The smallest absolute Gasteiger partial charge is 0.244 e. The summed E-state index contributed by atoms with van der Waals surface area (Å²) in [6.45, 7) is 3.11. The molecule has 152 valence electrons. The number of nitrogens with one attached hydrogen (secondary N) is 2. The lowest BCUT2D eigenvalue weighted by molar-refractivity contribution is -0.114. The number of sulfonamides is 1. The van der Waals surface area contributed by atoms with Gasteiger partial charge in [-0.05, 0) is 42.8 Å². The minimum absolute atomic E-state index is 0.0480. The summed E-state index contributed by atoms with van der Waals surface area (Å²) in [4.78, 5) is 15.3. The number of hydrogen-bond donors (Lipinski definition) is 2. The molecule has 0 aliphatic rings. The first-order chi connectivity index (χ1) is 13.8. The number of rotatable bonds is 7. The van der Waals surface area contributed by atoms with Crippen LogP contribution >= 0.6 is 0 Å². The highest BCUT2D eigenvalue weighted by Gasteiger charge is 2.23. The molecule has 9 heteroatoms. The molecule has 0 bridgehead atoms. The molecule has 0 fully saturated rings. The summed E-state index contributed by atoms with van der Waals surface area (Å²) >= 11 is 0. The molecule has 0 saturated carbocycles. The number of hydrogen-bond acceptors (Lipinski definition) is 5.